The van der Waals surface area contributed by atoms with Gasteiger partial charge in [0.05, 0.1) is 5.69 Å². The zero-order chi connectivity index (χ0) is 11.7. The molecule has 5 nitrogen and oxygen atoms in total. The zero-order valence-corrected chi connectivity index (χ0v) is 8.52. The van der Waals surface area contributed by atoms with Crippen molar-refractivity contribution in [2.75, 3.05) is 0 Å². The molecule has 2 rings (SSSR count). The average molecular weight is 242 g/mol. The lowest BCUT2D eigenvalue weighted by atomic mass is 10.3. The van der Waals surface area contributed by atoms with Gasteiger partial charge in [-0.15, -0.1) is 5.10 Å². The van der Waals surface area contributed by atoms with Gasteiger partial charge in [0, 0.05) is 0 Å². The average Bonchev–Trinajstić information content (AvgIpc) is 2.61. The molecule has 0 aliphatic heterocycles. The third-order valence-corrected chi connectivity index (χ3v) is 2.23. The van der Waals surface area contributed by atoms with Gasteiger partial charge in [-0.2, -0.15) is 0 Å². The van der Waals surface area contributed by atoms with Crippen molar-refractivity contribution in [1.29, 1.82) is 0 Å². The number of halogens is 2. The van der Waals surface area contributed by atoms with Crippen LogP contribution < -0.4 is 0 Å². The van der Waals surface area contributed by atoms with Crippen LogP contribution in [0, 0.1) is 5.82 Å². The summed E-state index contributed by atoms with van der Waals surface area (Å²) >= 11 is 5.76. The molecule has 1 heterocycles. The first-order valence-corrected chi connectivity index (χ1v) is 4.58. The minimum absolute atomic E-state index is 0.126. The van der Waals surface area contributed by atoms with Gasteiger partial charge in [-0.3, -0.25) is 0 Å². The fourth-order valence-electron chi connectivity index (χ4n) is 1.15. The Labute approximate surface area is 94.1 Å². The van der Waals surface area contributed by atoms with Gasteiger partial charge in [-0.1, -0.05) is 16.8 Å². The maximum Gasteiger partial charge on any atom is 0.359 e. The van der Waals surface area contributed by atoms with Crippen LogP contribution in [0.4, 0.5) is 4.39 Å². The Morgan fingerprint density at radius 2 is 2.00 bits per heavy atom. The Hall–Kier alpha value is -1.95. The van der Waals surface area contributed by atoms with Crippen LogP contribution in [0.2, 0.25) is 5.15 Å². The minimum atomic E-state index is -1.27. The van der Waals surface area contributed by atoms with Gasteiger partial charge in [0.15, 0.2) is 5.15 Å². The summed E-state index contributed by atoms with van der Waals surface area (Å²) in [7, 11) is 0. The van der Waals surface area contributed by atoms with Gasteiger partial charge in [0.2, 0.25) is 5.69 Å². The molecular formula is C9H5ClFN3O2. The summed E-state index contributed by atoms with van der Waals surface area (Å²) in [5, 5.41) is 15.6. The molecule has 0 atom stereocenters. The molecular weight excluding hydrogens is 237 g/mol. The van der Waals surface area contributed by atoms with E-state index >= 15 is 0 Å². The number of carboxylic acids is 1. The van der Waals surface area contributed by atoms with Crippen molar-refractivity contribution in [1.82, 2.24) is 15.0 Å². The van der Waals surface area contributed by atoms with Gasteiger partial charge in [-0.25, -0.2) is 13.9 Å². The standard InChI is InChI=1S/C9H5ClFN3O2/c10-8-7(9(15)16)12-13-14(8)6-3-1-5(11)2-4-6/h1-4H,(H,15,16). The van der Waals surface area contributed by atoms with Crippen LogP contribution in [0.3, 0.4) is 0 Å². The van der Waals surface area contributed by atoms with E-state index in [-0.39, 0.29) is 10.8 Å². The first-order chi connectivity index (χ1) is 7.59. The minimum Gasteiger partial charge on any atom is -0.476 e. The Kier molecular flexibility index (Phi) is 2.57. The van der Waals surface area contributed by atoms with E-state index in [2.05, 4.69) is 10.3 Å². The molecule has 0 spiro atoms. The molecule has 0 aliphatic carbocycles. The number of nitrogens with zero attached hydrogens (tertiary/aromatic N) is 3. The van der Waals surface area contributed by atoms with Gasteiger partial charge < -0.3 is 5.11 Å². The van der Waals surface area contributed by atoms with Gasteiger partial charge >= 0.3 is 5.97 Å². The van der Waals surface area contributed by atoms with E-state index in [0.29, 0.717) is 5.69 Å². The number of aromatic nitrogens is 3. The van der Waals surface area contributed by atoms with Gasteiger partial charge in [0.1, 0.15) is 5.82 Å². The summed E-state index contributed by atoms with van der Waals surface area (Å²) in [6.45, 7) is 0. The van der Waals surface area contributed by atoms with E-state index in [9.17, 15) is 9.18 Å². The molecule has 0 fully saturated rings. The van der Waals surface area contributed by atoms with Crippen LogP contribution in [0.25, 0.3) is 5.69 Å². The molecule has 16 heavy (non-hydrogen) atoms. The number of aromatic carboxylic acids is 1. The zero-order valence-electron chi connectivity index (χ0n) is 7.76. The fourth-order valence-corrected chi connectivity index (χ4v) is 1.40. The predicted molar refractivity (Wildman–Crippen MR) is 53.3 cm³/mol. The van der Waals surface area contributed by atoms with Crippen LogP contribution in [-0.4, -0.2) is 26.1 Å². The van der Waals surface area contributed by atoms with E-state index in [1.165, 1.54) is 24.3 Å². The quantitative estimate of drug-likeness (QED) is 0.870. The van der Waals surface area contributed by atoms with Crippen molar-refractivity contribution in [2.45, 2.75) is 0 Å². The monoisotopic (exact) mass is 241 g/mol. The maximum absolute atomic E-state index is 12.7. The second-order valence-electron chi connectivity index (χ2n) is 2.92. The van der Waals surface area contributed by atoms with Crippen molar-refractivity contribution in [3.05, 3.63) is 40.9 Å². The molecule has 0 saturated heterocycles. The molecule has 7 heteroatoms. The van der Waals surface area contributed by atoms with E-state index in [1.54, 1.807) is 0 Å². The molecule has 0 aliphatic rings. The first kappa shape index (κ1) is 10.6. The second kappa shape index (κ2) is 3.90. The van der Waals surface area contributed by atoms with Crippen LogP contribution in [0.15, 0.2) is 24.3 Å². The summed E-state index contributed by atoms with van der Waals surface area (Å²) in [6.07, 6.45) is 0. The highest BCUT2D eigenvalue weighted by Crippen LogP contribution is 2.18. The highest BCUT2D eigenvalue weighted by Gasteiger charge is 2.17. The van der Waals surface area contributed by atoms with Crippen molar-refractivity contribution < 1.29 is 14.3 Å². The summed E-state index contributed by atoms with van der Waals surface area (Å²) in [5.41, 5.74) is 0.0948. The smallest absolute Gasteiger partial charge is 0.359 e. The normalized spacial score (nSPS) is 10.4. The number of hydrogen-bond donors (Lipinski definition) is 1. The third-order valence-electron chi connectivity index (χ3n) is 1.89. The molecule has 1 aromatic carbocycles. The largest absolute Gasteiger partial charge is 0.476 e. The van der Waals surface area contributed by atoms with Crippen molar-refractivity contribution in [2.24, 2.45) is 0 Å². The highest BCUT2D eigenvalue weighted by molar-refractivity contribution is 6.32. The van der Waals surface area contributed by atoms with Gasteiger partial charge in [0.25, 0.3) is 0 Å². The van der Waals surface area contributed by atoms with E-state index in [4.69, 9.17) is 16.7 Å². The number of hydrogen-bond acceptors (Lipinski definition) is 3. The second-order valence-corrected chi connectivity index (χ2v) is 3.28. The Balaban J connectivity index is 2.49. The number of benzene rings is 1. The lowest BCUT2D eigenvalue weighted by molar-refractivity contribution is 0.0690. The molecule has 1 N–H and O–H groups in total. The highest BCUT2D eigenvalue weighted by atomic mass is 35.5. The lowest BCUT2D eigenvalue weighted by Crippen LogP contribution is -1.99. The van der Waals surface area contributed by atoms with Crippen LogP contribution in [0.1, 0.15) is 10.5 Å². The summed E-state index contributed by atoms with van der Waals surface area (Å²) in [6, 6.07) is 5.27. The third kappa shape index (κ3) is 1.74. The first-order valence-electron chi connectivity index (χ1n) is 4.20. The van der Waals surface area contributed by atoms with E-state index in [0.717, 1.165) is 4.68 Å². The van der Waals surface area contributed by atoms with Crippen LogP contribution >= 0.6 is 11.6 Å². The molecule has 0 unspecified atom stereocenters. The fraction of sp³-hybridized carbons (Fsp3) is 0. The Bertz CT molecular complexity index is 538. The van der Waals surface area contributed by atoms with E-state index in [1.807, 2.05) is 0 Å². The molecule has 1 aromatic heterocycles. The molecule has 0 bridgehead atoms. The molecule has 82 valence electrons. The Morgan fingerprint density at radius 3 is 2.50 bits per heavy atom. The van der Waals surface area contributed by atoms with Gasteiger partial charge in [-0.05, 0) is 24.3 Å². The maximum atomic E-state index is 12.7. The number of carboxylic acid groups (broad SMARTS) is 1. The summed E-state index contributed by atoms with van der Waals surface area (Å²) < 4.78 is 13.8. The van der Waals surface area contributed by atoms with Crippen LogP contribution in [-0.2, 0) is 0 Å². The van der Waals surface area contributed by atoms with Crippen molar-refractivity contribution in [3.8, 4) is 5.69 Å². The number of carbonyl (C=O) groups is 1. The summed E-state index contributed by atoms with van der Waals surface area (Å²) in [5.74, 6) is -1.67. The number of rotatable bonds is 2. The SMILES string of the molecule is O=C(O)c1nnn(-c2ccc(F)cc2)c1Cl. The van der Waals surface area contributed by atoms with E-state index < -0.39 is 11.8 Å². The van der Waals surface area contributed by atoms with Crippen molar-refractivity contribution in [3.63, 3.8) is 0 Å². The van der Waals surface area contributed by atoms with Crippen molar-refractivity contribution >= 4 is 17.6 Å². The topological polar surface area (TPSA) is 68.0 Å². The molecule has 2 aromatic rings. The Morgan fingerprint density at radius 1 is 1.38 bits per heavy atom. The molecule has 0 saturated carbocycles. The molecule has 0 radical (unpaired) electrons. The molecule has 0 amide bonds. The lowest BCUT2D eigenvalue weighted by Gasteiger charge is -2.00. The summed E-state index contributed by atoms with van der Waals surface area (Å²) in [4.78, 5) is 10.7. The predicted octanol–water partition coefficient (Wildman–Crippen LogP) is 1.76. The van der Waals surface area contributed by atoms with Crippen LogP contribution in [0.5, 0.6) is 0 Å².